The average molecular weight is 407 g/mol. The predicted octanol–water partition coefficient (Wildman–Crippen LogP) is 6.00. The molecule has 1 saturated heterocycles. The van der Waals surface area contributed by atoms with Gasteiger partial charge in [0.05, 0.1) is 10.0 Å². The smallest absolute Gasteiger partial charge is 0.260 e. The van der Waals surface area contributed by atoms with Gasteiger partial charge in [-0.2, -0.15) is 0 Å². The number of likely N-dealkylation sites (tertiary alicyclic amines) is 1. The number of hydrogen-bond donors (Lipinski definition) is 0. The maximum atomic E-state index is 13.6. The Morgan fingerprint density at radius 3 is 2.56 bits per heavy atom. The lowest BCUT2D eigenvalue weighted by atomic mass is 9.65. The number of carbonyl (C=O) groups excluding carboxylic acids is 1. The highest BCUT2D eigenvalue weighted by molar-refractivity contribution is 6.39. The molecule has 0 radical (unpaired) electrons. The van der Waals surface area contributed by atoms with Gasteiger partial charge in [0, 0.05) is 18.2 Å². The summed E-state index contributed by atoms with van der Waals surface area (Å²) in [7, 11) is 0. The van der Waals surface area contributed by atoms with Crippen molar-refractivity contribution in [1.82, 2.24) is 10.1 Å². The van der Waals surface area contributed by atoms with E-state index in [9.17, 15) is 4.79 Å². The lowest BCUT2D eigenvalue weighted by Crippen LogP contribution is -2.38. The van der Waals surface area contributed by atoms with Crippen molar-refractivity contribution in [2.45, 2.75) is 53.0 Å². The zero-order valence-electron chi connectivity index (χ0n) is 16.1. The molecule has 4 rings (SSSR count). The van der Waals surface area contributed by atoms with Crippen molar-refractivity contribution >= 4 is 29.1 Å². The number of nitrogens with zero attached hydrogens (tertiary/aromatic N) is 2. The molecule has 2 atom stereocenters. The van der Waals surface area contributed by atoms with E-state index in [2.05, 4.69) is 25.9 Å². The Morgan fingerprint density at radius 2 is 1.89 bits per heavy atom. The Morgan fingerprint density at radius 1 is 1.22 bits per heavy atom. The maximum Gasteiger partial charge on any atom is 0.260 e. The largest absolute Gasteiger partial charge is 0.360 e. The number of rotatable bonds is 2. The summed E-state index contributed by atoms with van der Waals surface area (Å²) in [6.07, 6.45) is 3.20. The predicted molar refractivity (Wildman–Crippen MR) is 107 cm³/mol. The first kappa shape index (κ1) is 18.8. The first-order valence-corrected chi connectivity index (χ1v) is 10.1. The van der Waals surface area contributed by atoms with Gasteiger partial charge in [-0.1, -0.05) is 55.2 Å². The normalized spacial score (nSPS) is 26.4. The number of amides is 1. The summed E-state index contributed by atoms with van der Waals surface area (Å²) < 4.78 is 5.40. The topological polar surface area (TPSA) is 46.3 Å². The van der Waals surface area contributed by atoms with Gasteiger partial charge in [-0.3, -0.25) is 4.79 Å². The van der Waals surface area contributed by atoms with E-state index in [1.807, 2.05) is 4.90 Å². The molecule has 2 heterocycles. The van der Waals surface area contributed by atoms with Crippen LogP contribution in [0, 0.1) is 17.8 Å². The summed E-state index contributed by atoms with van der Waals surface area (Å²) in [5.41, 5.74) is 1.85. The van der Waals surface area contributed by atoms with Crippen molar-refractivity contribution in [1.29, 1.82) is 0 Å². The molecule has 0 spiro atoms. The van der Waals surface area contributed by atoms with Crippen LogP contribution in [-0.4, -0.2) is 28.6 Å². The lowest BCUT2D eigenvalue weighted by molar-refractivity contribution is 0.0707. The number of aryl methyl sites for hydroxylation is 1. The Hall–Kier alpha value is -1.52. The third-order valence-corrected chi connectivity index (χ3v) is 6.58. The first-order valence-electron chi connectivity index (χ1n) is 9.32. The molecule has 0 unspecified atom stereocenters. The highest BCUT2D eigenvalue weighted by atomic mass is 35.5. The monoisotopic (exact) mass is 406 g/mol. The van der Waals surface area contributed by atoms with Gasteiger partial charge in [-0.15, -0.1) is 0 Å². The van der Waals surface area contributed by atoms with E-state index in [1.165, 1.54) is 0 Å². The fraction of sp³-hybridized carbons (Fsp3) is 0.524. The van der Waals surface area contributed by atoms with E-state index in [1.54, 1.807) is 25.1 Å². The molecule has 2 fully saturated rings. The van der Waals surface area contributed by atoms with Crippen molar-refractivity contribution < 1.29 is 9.32 Å². The second-order valence-corrected chi connectivity index (χ2v) is 10.0. The van der Waals surface area contributed by atoms with Crippen LogP contribution in [0.25, 0.3) is 11.3 Å². The molecule has 2 aliphatic rings. The minimum atomic E-state index is -0.0360. The van der Waals surface area contributed by atoms with E-state index in [-0.39, 0.29) is 22.8 Å². The number of carbonyl (C=O) groups is 1. The van der Waals surface area contributed by atoms with Crippen LogP contribution < -0.4 is 0 Å². The molecule has 4 nitrogen and oxygen atoms in total. The molecule has 1 aromatic heterocycles. The van der Waals surface area contributed by atoms with Crippen LogP contribution in [0.2, 0.25) is 10.0 Å². The fourth-order valence-electron chi connectivity index (χ4n) is 5.36. The van der Waals surface area contributed by atoms with Gasteiger partial charge in [0.15, 0.2) is 0 Å². The Kier molecular flexibility index (Phi) is 4.36. The van der Waals surface area contributed by atoms with Crippen LogP contribution in [0.1, 0.15) is 56.2 Å². The molecule has 1 aliphatic heterocycles. The van der Waals surface area contributed by atoms with E-state index in [0.717, 1.165) is 25.8 Å². The van der Waals surface area contributed by atoms with Gasteiger partial charge < -0.3 is 9.42 Å². The van der Waals surface area contributed by atoms with Crippen LogP contribution in [0.4, 0.5) is 0 Å². The summed E-state index contributed by atoms with van der Waals surface area (Å²) in [6, 6.07) is 5.51. The van der Waals surface area contributed by atoms with Gasteiger partial charge in [-0.05, 0) is 49.1 Å². The molecule has 1 amide bonds. The molecule has 1 saturated carbocycles. The third kappa shape index (κ3) is 3.17. The second kappa shape index (κ2) is 6.25. The molecule has 144 valence electrons. The fourth-order valence-corrected chi connectivity index (χ4v) is 5.94. The van der Waals surface area contributed by atoms with E-state index in [4.69, 9.17) is 27.7 Å². The molecular formula is C21H24Cl2N2O2. The van der Waals surface area contributed by atoms with Crippen LogP contribution in [0.5, 0.6) is 0 Å². The standard InChI is InChI=1S/C21H24Cl2N2O2/c1-12-16(18(24-27-12)17-14(22)6-5-7-15(17)23)19(26)25-11-21(4)9-13(25)8-20(2,3)10-21/h5-7,13H,8-11H2,1-4H3/t13-,21-/m1/s1. The zero-order chi connectivity index (χ0) is 19.6. The SMILES string of the molecule is Cc1onc(-c2c(Cl)cccc2Cl)c1C(=O)N1C[C@]2(C)C[C@H]1CC(C)(C)C2. The van der Waals surface area contributed by atoms with Gasteiger partial charge in [-0.25, -0.2) is 0 Å². The number of hydrogen-bond acceptors (Lipinski definition) is 3. The highest BCUT2D eigenvalue weighted by Gasteiger charge is 2.51. The van der Waals surface area contributed by atoms with Gasteiger partial charge >= 0.3 is 0 Å². The van der Waals surface area contributed by atoms with Crippen LogP contribution in [-0.2, 0) is 0 Å². The Balaban J connectivity index is 1.76. The van der Waals surface area contributed by atoms with E-state index < -0.39 is 0 Å². The molecule has 1 aliphatic carbocycles. The Labute approximate surface area is 169 Å². The number of halogens is 2. The van der Waals surface area contributed by atoms with Gasteiger partial charge in [0.2, 0.25) is 0 Å². The molecule has 6 heteroatoms. The maximum absolute atomic E-state index is 13.6. The summed E-state index contributed by atoms with van der Waals surface area (Å²) >= 11 is 12.7. The van der Waals surface area contributed by atoms with Gasteiger partial charge in [0.25, 0.3) is 5.91 Å². The third-order valence-electron chi connectivity index (χ3n) is 5.95. The quantitative estimate of drug-likeness (QED) is 0.614. The lowest BCUT2D eigenvalue weighted by Gasteiger charge is -2.39. The van der Waals surface area contributed by atoms with Crippen molar-refractivity contribution in [2.24, 2.45) is 10.8 Å². The summed E-state index contributed by atoms with van der Waals surface area (Å²) in [4.78, 5) is 15.6. The zero-order valence-corrected chi connectivity index (χ0v) is 17.6. The minimum Gasteiger partial charge on any atom is -0.360 e. The first-order chi connectivity index (χ1) is 12.6. The van der Waals surface area contributed by atoms with Crippen LogP contribution >= 0.6 is 23.2 Å². The van der Waals surface area contributed by atoms with Crippen molar-refractivity contribution in [3.63, 3.8) is 0 Å². The van der Waals surface area contributed by atoms with Crippen LogP contribution in [0.3, 0.4) is 0 Å². The molecular weight excluding hydrogens is 383 g/mol. The van der Waals surface area contributed by atoms with Crippen molar-refractivity contribution in [2.75, 3.05) is 6.54 Å². The van der Waals surface area contributed by atoms with Crippen molar-refractivity contribution in [3.8, 4) is 11.3 Å². The second-order valence-electron chi connectivity index (χ2n) is 9.21. The molecule has 0 N–H and O–H groups in total. The summed E-state index contributed by atoms with van der Waals surface area (Å²) in [5, 5.41) is 5.05. The molecule has 2 bridgehead atoms. The number of benzene rings is 1. The van der Waals surface area contributed by atoms with Crippen molar-refractivity contribution in [3.05, 3.63) is 39.6 Å². The van der Waals surface area contributed by atoms with E-state index in [0.29, 0.717) is 32.6 Å². The Bertz CT molecular complexity index is 901. The van der Waals surface area contributed by atoms with Gasteiger partial charge in [0.1, 0.15) is 17.0 Å². The number of aromatic nitrogens is 1. The molecule has 2 aromatic rings. The molecule has 1 aromatic carbocycles. The molecule has 27 heavy (non-hydrogen) atoms. The minimum absolute atomic E-state index is 0.0360. The summed E-state index contributed by atoms with van der Waals surface area (Å²) in [6.45, 7) is 9.42. The average Bonchev–Trinajstić information content (AvgIpc) is 3.03. The number of fused-ring (bicyclic) bond motifs is 2. The van der Waals surface area contributed by atoms with E-state index >= 15 is 0 Å². The van der Waals surface area contributed by atoms with Crippen LogP contribution in [0.15, 0.2) is 22.7 Å². The highest BCUT2D eigenvalue weighted by Crippen LogP contribution is 2.53. The summed E-state index contributed by atoms with van der Waals surface area (Å²) in [5.74, 6) is 0.461.